The second-order valence-corrected chi connectivity index (χ2v) is 30.4. The summed E-state index contributed by atoms with van der Waals surface area (Å²) >= 11 is 0. The molecule has 2 aromatic rings. The molecule has 13 atom stereocenters. The van der Waals surface area contributed by atoms with Crippen LogP contribution in [0.1, 0.15) is 167 Å². The second-order valence-electron chi connectivity index (χ2n) is 30.4. The minimum absolute atomic E-state index is 0.00349. The third kappa shape index (κ3) is 23.3. The van der Waals surface area contributed by atoms with Crippen LogP contribution in [0, 0.1) is 11.8 Å². The molecule has 0 saturated carbocycles. The number of primary amides is 3. The van der Waals surface area contributed by atoms with Gasteiger partial charge in [-0.2, -0.15) is 0 Å². The number of phenols is 2. The van der Waals surface area contributed by atoms with Crippen molar-refractivity contribution in [2.45, 2.75) is 247 Å². The van der Waals surface area contributed by atoms with Gasteiger partial charge in [0.25, 0.3) is 0 Å². The number of phenolic OH excluding ortho intramolecular Hbond substituents is 2. The van der Waals surface area contributed by atoms with E-state index in [0.717, 1.165) is 6.42 Å². The van der Waals surface area contributed by atoms with Crippen molar-refractivity contribution in [1.29, 1.82) is 0 Å². The molecule has 0 spiro atoms. The number of aromatic hydroxyl groups is 2. The largest absolute Gasteiger partial charge is 0.508 e. The van der Waals surface area contributed by atoms with E-state index in [1.54, 1.807) is 13.8 Å². The lowest BCUT2D eigenvalue weighted by Crippen LogP contribution is -2.60. The zero-order chi connectivity index (χ0) is 80.2. The maximum atomic E-state index is 15.1. The lowest BCUT2D eigenvalue weighted by Gasteiger charge is -2.34. The number of carbonyl (C=O) groups excluding carboxylic acids is 15. The number of carboxylic acids is 1. The molecule has 6 saturated heterocycles. The molecule has 8 rings (SSSR count). The molecule has 0 radical (unpaired) electrons. The molecule has 0 unspecified atom stereocenters. The first kappa shape index (κ1) is 85.1. The molecule has 6 fully saturated rings. The highest BCUT2D eigenvalue weighted by atomic mass is 16.4. The minimum atomic E-state index is -1.54. The quantitative estimate of drug-likeness (QED) is 0.0346. The molecule has 6 aliphatic heterocycles. The fraction of sp³-hybridized carbons (Fsp3) is 0.627. The van der Waals surface area contributed by atoms with Crippen molar-refractivity contribution >= 4 is 94.6 Å². The minimum Gasteiger partial charge on any atom is -0.508 e. The van der Waals surface area contributed by atoms with Crippen molar-refractivity contribution in [3.63, 3.8) is 0 Å². The topological polar surface area (TPSA) is 524 Å². The van der Waals surface area contributed by atoms with E-state index in [2.05, 4.69) is 42.5 Å². The van der Waals surface area contributed by atoms with Gasteiger partial charge in [-0.3, -0.25) is 71.9 Å². The van der Waals surface area contributed by atoms with Crippen molar-refractivity contribution < 1.29 is 92.0 Å². The lowest BCUT2D eigenvalue weighted by molar-refractivity contribution is -0.149. The number of likely N-dealkylation sites (tertiary alicyclic amines) is 5. The van der Waals surface area contributed by atoms with Crippen molar-refractivity contribution in [2.75, 3.05) is 39.3 Å². The van der Waals surface area contributed by atoms with Gasteiger partial charge >= 0.3 is 5.97 Å². The summed E-state index contributed by atoms with van der Waals surface area (Å²) < 4.78 is 0. The van der Waals surface area contributed by atoms with Gasteiger partial charge in [0.1, 0.15) is 84.0 Å². The molecular weight excluding hydrogens is 1430 g/mol. The van der Waals surface area contributed by atoms with Gasteiger partial charge in [0.15, 0.2) is 0 Å². The summed E-state index contributed by atoms with van der Waals surface area (Å²) in [7, 11) is 0. The van der Waals surface area contributed by atoms with Crippen LogP contribution >= 0.6 is 0 Å². The summed E-state index contributed by atoms with van der Waals surface area (Å²) in [6.45, 7) is 8.11. The van der Waals surface area contributed by atoms with E-state index in [1.165, 1.54) is 73.0 Å². The van der Waals surface area contributed by atoms with E-state index in [0.29, 0.717) is 43.4 Å². The predicted molar refractivity (Wildman–Crippen MR) is 394 cm³/mol. The number of nitrogens with zero attached hydrogens (tertiary/aromatic N) is 5. The molecule has 35 heteroatoms. The summed E-state index contributed by atoms with van der Waals surface area (Å²) in [6.07, 6.45) is 1.48. The van der Waals surface area contributed by atoms with Crippen LogP contribution in [-0.2, 0) is 89.6 Å². The Hall–Kier alpha value is -10.5. The molecule has 15 amide bonds. The molecule has 6 heterocycles. The van der Waals surface area contributed by atoms with Crippen molar-refractivity contribution in [3.8, 4) is 11.5 Å². The van der Waals surface area contributed by atoms with Crippen LogP contribution in [0.3, 0.4) is 0 Å². The number of hydrogen-bond donors (Lipinski definition) is 14. The van der Waals surface area contributed by atoms with Gasteiger partial charge in [0.2, 0.25) is 88.6 Å². The average molecular weight is 1540 g/mol. The molecule has 17 N–H and O–H groups in total. The fourth-order valence-corrected chi connectivity index (χ4v) is 15.5. The highest BCUT2D eigenvalue weighted by molar-refractivity contribution is 6.01. The lowest BCUT2D eigenvalue weighted by atomic mass is 10.0. The number of carboxylic acid groups (broad SMARTS) is 1. The molecule has 110 heavy (non-hydrogen) atoms. The standard InChI is InChI=1S/C75H108N16O19/c1-41(2)37-51(83-64(98)48(25-28-60(76)94)80-63(97)47-11-5-31-79-47)71(105)88-33-8-14-57(88)68(102)85-53(39-43-17-21-45(92)22-18-43)73(107)89-34-7-13-56(89)67(101)82-50(27-30-62(78)96)70(104)87-32-6-12-55(87)66(100)81-49(26-29-61(77)95)65(99)84-52(38-42(3)4)72(106)91-36-10-16-59(91)74(108)90-35-9-15-58(90)69(103)86-54(75(109)110)40-44-19-23-46(93)24-20-44/h17-24,41-42,47-59,79,92-93H,5-16,25-40H2,1-4H3,(H2,76,94)(H2,77,95)(H2,78,96)(H,80,97)(H,81,100)(H,82,101)(H,83,98)(H,84,99)(H,85,102)(H,86,103)(H,109,110)/t47-,48-,49-,50-,51-,52-,53-,54-,55-,56-,57-,58-,59-/m0/s1. The van der Waals surface area contributed by atoms with Gasteiger partial charge < -0.3 is 99.6 Å². The van der Waals surface area contributed by atoms with Crippen LogP contribution in [0.25, 0.3) is 0 Å². The first-order valence-corrected chi connectivity index (χ1v) is 38.3. The fourth-order valence-electron chi connectivity index (χ4n) is 15.5. The smallest absolute Gasteiger partial charge is 0.326 e. The zero-order valence-electron chi connectivity index (χ0n) is 62.9. The van der Waals surface area contributed by atoms with E-state index >= 15 is 4.79 Å². The summed E-state index contributed by atoms with van der Waals surface area (Å²) in [4.78, 5) is 229. The van der Waals surface area contributed by atoms with E-state index in [4.69, 9.17) is 17.2 Å². The Kier molecular flexibility index (Phi) is 30.8. The molecular formula is C75H108N16O19. The number of hydrogen-bond acceptors (Lipinski definition) is 19. The monoisotopic (exact) mass is 1540 g/mol. The number of carbonyl (C=O) groups is 16. The number of aliphatic carboxylic acids is 1. The van der Waals surface area contributed by atoms with Crippen LogP contribution < -0.4 is 59.7 Å². The average Bonchev–Trinajstić information content (AvgIpc) is 1.63. The summed E-state index contributed by atoms with van der Waals surface area (Å²) in [6, 6.07) is -4.36. The number of benzene rings is 2. The Morgan fingerprint density at radius 1 is 0.391 bits per heavy atom. The van der Waals surface area contributed by atoms with Gasteiger partial charge in [0, 0.05) is 64.8 Å². The van der Waals surface area contributed by atoms with Crippen molar-refractivity contribution in [3.05, 3.63) is 59.7 Å². The summed E-state index contributed by atoms with van der Waals surface area (Å²) in [5.41, 5.74) is 17.6. The Balaban J connectivity index is 0.938. The normalized spacial score (nSPS) is 21.6. The number of amides is 15. The Labute approximate surface area is 638 Å². The molecule has 602 valence electrons. The van der Waals surface area contributed by atoms with Crippen molar-refractivity contribution in [2.24, 2.45) is 29.0 Å². The van der Waals surface area contributed by atoms with Crippen LogP contribution in [-0.4, -0.2) is 252 Å². The number of nitrogens with one attached hydrogen (secondary N) is 8. The Bertz CT molecular complexity index is 3700. The third-order valence-corrected chi connectivity index (χ3v) is 21.1. The zero-order valence-corrected chi connectivity index (χ0v) is 62.9. The SMILES string of the molecule is CC(C)C[C@H](NC(=O)[C@H](CCC(N)=O)NC(=O)[C@@H]1CCCN1)C(=O)N1CCC[C@H]1C(=O)N[C@@H](Cc1ccc(O)cc1)C(=O)N1CCC[C@H]1C(=O)N[C@@H](CCC(N)=O)C(=O)N1CCC[C@H]1C(=O)N[C@@H](CCC(N)=O)C(=O)N[C@@H](CC(C)C)C(=O)N1CCC[C@H]1C(=O)N1CCC[C@H]1C(=O)N[C@@H](Cc1ccc(O)cc1)C(=O)O. The molecule has 0 aliphatic carbocycles. The highest BCUT2D eigenvalue weighted by Crippen LogP contribution is 2.30. The first-order chi connectivity index (χ1) is 52.3. The van der Waals surface area contributed by atoms with Gasteiger partial charge in [-0.25, -0.2) is 4.79 Å². The van der Waals surface area contributed by atoms with Crippen LogP contribution in [0.4, 0.5) is 0 Å². The number of nitrogens with two attached hydrogens (primary N) is 3. The predicted octanol–water partition coefficient (Wildman–Crippen LogP) is -2.04. The molecule has 2 aromatic carbocycles. The maximum Gasteiger partial charge on any atom is 0.326 e. The van der Waals surface area contributed by atoms with Crippen LogP contribution in [0.15, 0.2) is 48.5 Å². The Morgan fingerprint density at radius 2 is 0.709 bits per heavy atom. The highest BCUT2D eigenvalue weighted by Gasteiger charge is 2.48. The Morgan fingerprint density at radius 3 is 1.09 bits per heavy atom. The van der Waals surface area contributed by atoms with Gasteiger partial charge in [-0.15, -0.1) is 0 Å². The molecule has 35 nitrogen and oxygen atoms in total. The molecule has 6 aliphatic rings. The van der Waals surface area contributed by atoms with Crippen LogP contribution in [0.5, 0.6) is 11.5 Å². The first-order valence-electron chi connectivity index (χ1n) is 38.3. The summed E-state index contributed by atoms with van der Waals surface area (Å²) in [5.74, 6) is -12.8. The van der Waals surface area contributed by atoms with Gasteiger partial charge in [0.05, 0.1) is 6.04 Å². The van der Waals surface area contributed by atoms with Gasteiger partial charge in [-0.05, 0) is 163 Å². The third-order valence-electron chi connectivity index (χ3n) is 21.1. The molecule has 0 bridgehead atoms. The number of rotatable bonds is 37. The summed E-state index contributed by atoms with van der Waals surface area (Å²) in [5, 5.41) is 52.0. The second kappa shape index (κ2) is 39.8. The van der Waals surface area contributed by atoms with E-state index in [-0.39, 0.29) is 152 Å². The van der Waals surface area contributed by atoms with E-state index in [1.807, 2.05) is 13.8 Å². The van der Waals surface area contributed by atoms with Crippen molar-refractivity contribution in [1.82, 2.24) is 67.0 Å². The molecule has 0 aromatic heterocycles. The van der Waals surface area contributed by atoms with E-state index < -0.39 is 186 Å². The van der Waals surface area contributed by atoms with Gasteiger partial charge in [-0.1, -0.05) is 52.0 Å². The van der Waals surface area contributed by atoms with Crippen LogP contribution in [0.2, 0.25) is 0 Å². The van der Waals surface area contributed by atoms with E-state index in [9.17, 15) is 87.2 Å². The maximum absolute atomic E-state index is 15.1.